The van der Waals surface area contributed by atoms with E-state index in [1.807, 2.05) is 0 Å². The van der Waals surface area contributed by atoms with Gasteiger partial charge in [0.2, 0.25) is 11.6 Å². The average molecular weight is 580 g/mol. The number of benzene rings is 2. The highest BCUT2D eigenvalue weighted by Gasteiger charge is 2.38. The molecule has 40 heavy (non-hydrogen) atoms. The molecular weight excluding hydrogens is 559 g/mol. The maximum Gasteiger partial charge on any atom is 0.573 e. The molecule has 2 aromatic carbocycles. The fourth-order valence-corrected chi connectivity index (χ4v) is 3.30. The van der Waals surface area contributed by atoms with E-state index in [-0.39, 0.29) is 16.9 Å². The molecule has 3 aromatic rings. The number of ether oxygens (including phenoxy) is 4. The van der Waals surface area contributed by atoms with Crippen LogP contribution in [0.2, 0.25) is 0 Å². The quantitative estimate of drug-likeness (QED) is 0.333. The van der Waals surface area contributed by atoms with Crippen LogP contribution in [0.1, 0.15) is 36.1 Å². The maximum atomic E-state index is 15.0. The van der Waals surface area contributed by atoms with Gasteiger partial charge in [-0.1, -0.05) is 0 Å². The van der Waals surface area contributed by atoms with Gasteiger partial charge in [0.25, 0.3) is 11.8 Å². The number of aryl methyl sites for hydroxylation is 1. The number of halogens is 7. The van der Waals surface area contributed by atoms with E-state index in [9.17, 15) is 40.3 Å². The van der Waals surface area contributed by atoms with Gasteiger partial charge in [-0.05, 0) is 42.8 Å². The van der Waals surface area contributed by atoms with Crippen LogP contribution in [-0.4, -0.2) is 37.3 Å². The molecule has 3 N–H and O–H groups in total. The first-order valence-electron chi connectivity index (χ1n) is 12.0. The monoisotopic (exact) mass is 580 g/mol. The van der Waals surface area contributed by atoms with Gasteiger partial charge in [0, 0.05) is 11.9 Å². The van der Waals surface area contributed by atoms with Gasteiger partial charge in [0.05, 0.1) is 23.8 Å². The first kappa shape index (κ1) is 25.5. The molecule has 3 rings (SSSR count). The molecule has 0 aliphatic heterocycles. The number of nitrogens with one attached hydrogen (secondary N) is 1. The molecule has 16 heteroatoms. The number of methoxy groups -OCH3 is 2. The molecular formula is C24H18F7N3O6. The Balaban J connectivity index is 2.22. The van der Waals surface area contributed by atoms with Gasteiger partial charge in [0.1, 0.15) is 22.8 Å². The summed E-state index contributed by atoms with van der Waals surface area (Å²) in [5.41, 5.74) is 2.49. The Labute approximate surface area is 224 Å². The fraction of sp³-hybridized carbons (Fsp3) is 0.208. The van der Waals surface area contributed by atoms with Crippen LogP contribution >= 0.6 is 0 Å². The van der Waals surface area contributed by atoms with Gasteiger partial charge < -0.3 is 30.0 Å². The number of carbonyl (C=O) groups is 2. The Morgan fingerprint density at radius 1 is 1.00 bits per heavy atom. The van der Waals surface area contributed by atoms with E-state index in [2.05, 4.69) is 19.8 Å². The summed E-state index contributed by atoms with van der Waals surface area (Å²) in [5, 5.41) is 2.25. The molecule has 9 nitrogen and oxygen atoms in total. The molecule has 0 saturated heterocycles. The molecule has 0 aliphatic carbocycles. The number of pyridine rings is 1. The smallest absolute Gasteiger partial charge is 0.495 e. The minimum absolute atomic E-state index is 0.134. The van der Waals surface area contributed by atoms with Crippen LogP contribution in [-0.2, 0) is 6.18 Å². The van der Waals surface area contributed by atoms with Crippen molar-refractivity contribution in [3.05, 3.63) is 64.7 Å². The first-order chi connectivity index (χ1) is 19.7. The predicted octanol–water partition coefficient (Wildman–Crippen LogP) is 5.61. The lowest BCUT2D eigenvalue weighted by Crippen LogP contribution is -2.19. The van der Waals surface area contributed by atoms with Gasteiger partial charge in [-0.25, -0.2) is 0 Å². The molecule has 0 saturated carbocycles. The number of nitrogens with two attached hydrogens (primary N) is 1. The number of hydrogen-bond donors (Lipinski definition) is 2. The standard InChI is InChI=1S/C24H18F7N3O6/c1-10-9-33-13(21(32)35)8-12(10)34-22(36)17-14(5-4-11(19(17)37-2)23(26,27)28)39-16-7-6-15(40-24(29,30)31)18(25)20(16)38-3/h4-9H,1-3H3,(H2,32,35)(H,33,34,36)/i3D3. The van der Waals surface area contributed by atoms with Crippen LogP contribution in [0, 0.1) is 12.7 Å². The van der Waals surface area contributed by atoms with Crippen molar-refractivity contribution in [2.75, 3.05) is 19.5 Å². The summed E-state index contributed by atoms with van der Waals surface area (Å²) >= 11 is 0. The Morgan fingerprint density at radius 2 is 1.65 bits per heavy atom. The highest BCUT2D eigenvalue weighted by Crippen LogP contribution is 2.45. The third kappa shape index (κ3) is 6.44. The molecule has 1 heterocycles. The second-order valence-corrected chi connectivity index (χ2v) is 7.68. The van der Waals surface area contributed by atoms with Crippen molar-refractivity contribution in [2.24, 2.45) is 5.73 Å². The van der Waals surface area contributed by atoms with Gasteiger partial charge in [-0.2, -0.15) is 17.6 Å². The second-order valence-electron chi connectivity index (χ2n) is 7.68. The van der Waals surface area contributed by atoms with Crippen molar-refractivity contribution in [2.45, 2.75) is 19.5 Å². The van der Waals surface area contributed by atoms with Gasteiger partial charge in [-0.15, -0.1) is 13.2 Å². The normalized spacial score (nSPS) is 13.0. The van der Waals surface area contributed by atoms with Gasteiger partial charge in [-0.3, -0.25) is 14.6 Å². The Kier molecular flexibility index (Phi) is 7.11. The number of primary amides is 1. The van der Waals surface area contributed by atoms with Gasteiger partial charge >= 0.3 is 12.5 Å². The molecule has 0 aliphatic rings. The summed E-state index contributed by atoms with van der Waals surface area (Å²) in [6.07, 6.45) is -9.38. The molecule has 0 fully saturated rings. The fourth-order valence-electron chi connectivity index (χ4n) is 3.30. The summed E-state index contributed by atoms with van der Waals surface area (Å²) in [7, 11) is -2.69. The Morgan fingerprint density at radius 3 is 2.23 bits per heavy atom. The molecule has 0 spiro atoms. The van der Waals surface area contributed by atoms with E-state index in [4.69, 9.17) is 19.3 Å². The maximum absolute atomic E-state index is 15.0. The van der Waals surface area contributed by atoms with E-state index < -0.39 is 77.1 Å². The number of anilines is 1. The number of alkyl halides is 6. The largest absolute Gasteiger partial charge is 0.573 e. The molecule has 1 aromatic heterocycles. The summed E-state index contributed by atoms with van der Waals surface area (Å²) in [6, 6.07) is 2.95. The topological polar surface area (TPSA) is 122 Å². The van der Waals surface area contributed by atoms with Crippen LogP contribution < -0.4 is 30.0 Å². The predicted molar refractivity (Wildman–Crippen MR) is 123 cm³/mol. The number of carbonyl (C=O) groups excluding carboxylic acids is 2. The van der Waals surface area contributed by atoms with E-state index in [0.29, 0.717) is 24.3 Å². The number of hydrogen-bond acceptors (Lipinski definition) is 7. The minimum atomic E-state index is -5.41. The van der Waals surface area contributed by atoms with Crippen LogP contribution in [0.15, 0.2) is 36.5 Å². The lowest BCUT2D eigenvalue weighted by Gasteiger charge is -2.20. The van der Waals surface area contributed by atoms with Crippen LogP contribution in [0.25, 0.3) is 0 Å². The second kappa shape index (κ2) is 11.2. The van der Waals surface area contributed by atoms with Crippen molar-refractivity contribution in [3.8, 4) is 28.7 Å². The molecule has 214 valence electrons. The summed E-state index contributed by atoms with van der Waals surface area (Å²) in [6.45, 7) is 1.42. The molecule has 0 bridgehead atoms. The SMILES string of the molecule is [2H]C([2H])([2H])Oc1c(Oc2ccc(C(F)(F)F)c(OC)c2C(=O)Nc2cc(C(N)=O)ncc2C)ccc(OC(F)(F)F)c1F. The van der Waals surface area contributed by atoms with Crippen LogP contribution in [0.5, 0.6) is 28.7 Å². The number of rotatable bonds is 8. The van der Waals surface area contributed by atoms with Crippen molar-refractivity contribution in [1.29, 1.82) is 0 Å². The Hall–Kier alpha value is -4.76. The lowest BCUT2D eigenvalue weighted by molar-refractivity contribution is -0.275. The Bertz CT molecular complexity index is 1560. The summed E-state index contributed by atoms with van der Waals surface area (Å²) in [5.74, 6) is -10.2. The summed E-state index contributed by atoms with van der Waals surface area (Å²) in [4.78, 5) is 28.7. The third-order valence-electron chi connectivity index (χ3n) is 5.03. The molecule has 0 radical (unpaired) electrons. The van der Waals surface area contributed by atoms with Crippen molar-refractivity contribution in [1.82, 2.24) is 4.98 Å². The van der Waals surface area contributed by atoms with Crippen LogP contribution in [0.4, 0.5) is 36.4 Å². The lowest BCUT2D eigenvalue weighted by atomic mass is 10.1. The van der Waals surface area contributed by atoms with Crippen molar-refractivity contribution >= 4 is 17.5 Å². The first-order valence-corrected chi connectivity index (χ1v) is 10.5. The minimum Gasteiger partial charge on any atom is -0.495 e. The van der Waals surface area contributed by atoms with E-state index in [0.717, 1.165) is 19.4 Å². The number of amides is 2. The molecule has 2 amide bonds. The van der Waals surface area contributed by atoms with Crippen molar-refractivity contribution < 1.29 is 63.4 Å². The third-order valence-corrected chi connectivity index (χ3v) is 5.03. The highest BCUT2D eigenvalue weighted by molar-refractivity contribution is 6.09. The average Bonchev–Trinajstić information content (AvgIpc) is 2.86. The molecule has 0 atom stereocenters. The zero-order valence-electron chi connectivity index (χ0n) is 23.1. The highest BCUT2D eigenvalue weighted by atomic mass is 19.4. The van der Waals surface area contributed by atoms with Crippen LogP contribution in [0.3, 0.4) is 0 Å². The van der Waals surface area contributed by atoms with E-state index >= 15 is 0 Å². The molecule has 0 unspecified atom stereocenters. The number of aromatic nitrogens is 1. The van der Waals surface area contributed by atoms with Crippen molar-refractivity contribution in [3.63, 3.8) is 0 Å². The summed E-state index contributed by atoms with van der Waals surface area (Å²) < 4.78 is 134. The zero-order valence-corrected chi connectivity index (χ0v) is 20.1. The van der Waals surface area contributed by atoms with Gasteiger partial charge in [0.15, 0.2) is 11.5 Å². The van der Waals surface area contributed by atoms with E-state index in [1.165, 1.54) is 6.92 Å². The van der Waals surface area contributed by atoms with E-state index in [1.54, 1.807) is 0 Å². The number of nitrogens with zero attached hydrogens (tertiary/aromatic N) is 1. The zero-order chi connectivity index (χ0) is 32.5.